The number of nitrogens with zero attached hydrogens (tertiary/aromatic N) is 1. The van der Waals surface area contributed by atoms with Crippen molar-refractivity contribution in [3.05, 3.63) is 71.6 Å². The maximum absolute atomic E-state index is 11.0. The Labute approximate surface area is 160 Å². The van der Waals surface area contributed by atoms with Gasteiger partial charge in [-0.15, -0.1) is 0 Å². The zero-order chi connectivity index (χ0) is 19.5. The SMILES string of the molecule is CC(=O)NCCc1ccc(C(=CCCCCC(=O)O)c2cccnc2)cc1. The van der Waals surface area contributed by atoms with Gasteiger partial charge in [-0.2, -0.15) is 0 Å². The summed E-state index contributed by atoms with van der Waals surface area (Å²) in [7, 11) is 0. The Bertz CT molecular complexity index is 768. The lowest BCUT2D eigenvalue weighted by Gasteiger charge is -2.10. The molecule has 2 rings (SSSR count). The molecule has 0 saturated heterocycles. The molecule has 0 unspecified atom stereocenters. The van der Waals surface area contributed by atoms with Crippen LogP contribution < -0.4 is 5.32 Å². The molecule has 0 spiro atoms. The second kappa shape index (κ2) is 10.9. The number of amides is 1. The Morgan fingerprint density at radius 1 is 1.11 bits per heavy atom. The molecule has 0 fully saturated rings. The predicted octanol–water partition coefficient (Wildman–Crippen LogP) is 3.84. The number of aliphatic carboxylic acids is 1. The summed E-state index contributed by atoms with van der Waals surface area (Å²) in [5, 5.41) is 11.6. The number of carboxylic acids is 1. The molecule has 0 bridgehead atoms. The van der Waals surface area contributed by atoms with Crippen LogP contribution in [0.15, 0.2) is 54.9 Å². The molecule has 27 heavy (non-hydrogen) atoms. The van der Waals surface area contributed by atoms with Gasteiger partial charge in [0.1, 0.15) is 0 Å². The summed E-state index contributed by atoms with van der Waals surface area (Å²) in [6.07, 6.45) is 9.08. The summed E-state index contributed by atoms with van der Waals surface area (Å²) in [6, 6.07) is 12.3. The first-order valence-corrected chi connectivity index (χ1v) is 9.22. The molecule has 0 aliphatic carbocycles. The predicted molar refractivity (Wildman–Crippen MR) is 106 cm³/mol. The van der Waals surface area contributed by atoms with E-state index < -0.39 is 5.97 Å². The van der Waals surface area contributed by atoms with Crippen LogP contribution >= 0.6 is 0 Å². The lowest BCUT2D eigenvalue weighted by Crippen LogP contribution is -2.22. The highest BCUT2D eigenvalue weighted by Crippen LogP contribution is 2.24. The van der Waals surface area contributed by atoms with Crippen molar-refractivity contribution in [2.24, 2.45) is 0 Å². The molecule has 0 saturated carbocycles. The molecule has 142 valence electrons. The van der Waals surface area contributed by atoms with Crippen molar-refractivity contribution in [2.75, 3.05) is 6.54 Å². The van der Waals surface area contributed by atoms with Gasteiger partial charge in [-0.3, -0.25) is 14.6 Å². The van der Waals surface area contributed by atoms with Crippen LogP contribution in [-0.4, -0.2) is 28.5 Å². The summed E-state index contributed by atoms with van der Waals surface area (Å²) in [5.74, 6) is -0.766. The number of allylic oxidation sites excluding steroid dienone is 1. The summed E-state index contributed by atoms with van der Waals surface area (Å²) in [4.78, 5) is 25.8. The summed E-state index contributed by atoms with van der Waals surface area (Å²) in [5.41, 5.74) is 4.41. The van der Waals surface area contributed by atoms with Crippen LogP contribution in [0.25, 0.3) is 5.57 Å². The number of hydrogen-bond acceptors (Lipinski definition) is 3. The zero-order valence-electron chi connectivity index (χ0n) is 15.6. The molecular weight excluding hydrogens is 340 g/mol. The highest BCUT2D eigenvalue weighted by Gasteiger charge is 2.06. The Morgan fingerprint density at radius 2 is 1.89 bits per heavy atom. The van der Waals surface area contributed by atoms with E-state index in [0.29, 0.717) is 13.0 Å². The van der Waals surface area contributed by atoms with Crippen LogP contribution in [0.1, 0.15) is 49.3 Å². The maximum Gasteiger partial charge on any atom is 0.303 e. The zero-order valence-corrected chi connectivity index (χ0v) is 15.6. The van der Waals surface area contributed by atoms with E-state index in [-0.39, 0.29) is 12.3 Å². The van der Waals surface area contributed by atoms with Gasteiger partial charge < -0.3 is 10.4 Å². The van der Waals surface area contributed by atoms with E-state index in [1.807, 2.05) is 18.3 Å². The van der Waals surface area contributed by atoms with Crippen molar-refractivity contribution in [3.8, 4) is 0 Å². The van der Waals surface area contributed by atoms with Crippen molar-refractivity contribution in [1.82, 2.24) is 10.3 Å². The molecule has 1 heterocycles. The standard InChI is InChI=1S/C22H26N2O3/c1-17(25)24-15-13-18-9-11-19(12-10-18)21(20-6-5-14-23-16-20)7-3-2-4-8-22(26)27/h5-7,9-12,14,16H,2-4,8,13,15H2,1H3,(H,24,25)(H,26,27). The Hall–Kier alpha value is -2.95. The van der Waals surface area contributed by atoms with Gasteiger partial charge in [0, 0.05) is 37.8 Å². The number of benzene rings is 1. The molecule has 5 nitrogen and oxygen atoms in total. The normalized spacial score (nSPS) is 11.2. The first kappa shape index (κ1) is 20.4. The molecule has 5 heteroatoms. The molecule has 1 amide bonds. The van der Waals surface area contributed by atoms with Gasteiger partial charge in [0.05, 0.1) is 0 Å². The first-order valence-electron chi connectivity index (χ1n) is 9.22. The highest BCUT2D eigenvalue weighted by molar-refractivity contribution is 5.79. The quantitative estimate of drug-likeness (QED) is 0.626. The van der Waals surface area contributed by atoms with E-state index in [1.165, 1.54) is 12.5 Å². The summed E-state index contributed by atoms with van der Waals surface area (Å²) in [6.45, 7) is 2.15. The van der Waals surface area contributed by atoms with Gasteiger partial charge in [-0.1, -0.05) is 36.4 Å². The molecular formula is C22H26N2O3. The monoisotopic (exact) mass is 366 g/mol. The van der Waals surface area contributed by atoms with Crippen molar-refractivity contribution in [2.45, 2.75) is 39.0 Å². The summed E-state index contributed by atoms with van der Waals surface area (Å²) < 4.78 is 0. The number of carboxylic acid groups (broad SMARTS) is 1. The van der Waals surface area contributed by atoms with Gasteiger partial charge >= 0.3 is 5.97 Å². The summed E-state index contributed by atoms with van der Waals surface area (Å²) >= 11 is 0. The second-order valence-corrected chi connectivity index (χ2v) is 6.43. The van der Waals surface area contributed by atoms with E-state index in [1.54, 1.807) is 6.20 Å². The number of carbonyl (C=O) groups is 2. The molecule has 1 aromatic carbocycles. The Balaban J connectivity index is 2.08. The third kappa shape index (κ3) is 7.44. The smallest absolute Gasteiger partial charge is 0.303 e. The first-order chi connectivity index (χ1) is 13.1. The second-order valence-electron chi connectivity index (χ2n) is 6.43. The van der Waals surface area contributed by atoms with Gasteiger partial charge in [-0.05, 0) is 48.4 Å². The van der Waals surface area contributed by atoms with E-state index in [4.69, 9.17) is 5.11 Å². The fourth-order valence-corrected chi connectivity index (χ4v) is 2.83. The lowest BCUT2D eigenvalue weighted by molar-refractivity contribution is -0.137. The topological polar surface area (TPSA) is 79.3 Å². The lowest BCUT2D eigenvalue weighted by atomic mass is 9.96. The number of nitrogens with one attached hydrogen (secondary N) is 1. The minimum atomic E-state index is -0.749. The molecule has 0 aliphatic rings. The van der Waals surface area contributed by atoms with Gasteiger partial charge in [0.15, 0.2) is 0 Å². The minimum absolute atomic E-state index is 0.0173. The largest absolute Gasteiger partial charge is 0.481 e. The maximum atomic E-state index is 11.0. The van der Waals surface area contributed by atoms with Crippen LogP contribution in [0.4, 0.5) is 0 Å². The highest BCUT2D eigenvalue weighted by atomic mass is 16.4. The third-order valence-electron chi connectivity index (χ3n) is 4.22. The fraction of sp³-hybridized carbons (Fsp3) is 0.318. The molecule has 1 aromatic heterocycles. The Morgan fingerprint density at radius 3 is 2.52 bits per heavy atom. The molecule has 0 atom stereocenters. The number of aromatic nitrogens is 1. The van der Waals surface area contributed by atoms with E-state index in [2.05, 4.69) is 40.6 Å². The number of carbonyl (C=O) groups excluding carboxylic acids is 1. The van der Waals surface area contributed by atoms with Gasteiger partial charge in [0.25, 0.3) is 0 Å². The van der Waals surface area contributed by atoms with Crippen molar-refractivity contribution < 1.29 is 14.7 Å². The van der Waals surface area contributed by atoms with Crippen molar-refractivity contribution in [3.63, 3.8) is 0 Å². The van der Waals surface area contributed by atoms with Crippen LogP contribution in [0.2, 0.25) is 0 Å². The molecule has 2 N–H and O–H groups in total. The molecule has 0 radical (unpaired) electrons. The van der Waals surface area contributed by atoms with Crippen LogP contribution in [0.5, 0.6) is 0 Å². The number of hydrogen-bond donors (Lipinski definition) is 2. The van der Waals surface area contributed by atoms with Gasteiger partial charge in [-0.25, -0.2) is 0 Å². The molecule has 0 aliphatic heterocycles. The van der Waals surface area contributed by atoms with Crippen molar-refractivity contribution >= 4 is 17.4 Å². The minimum Gasteiger partial charge on any atom is -0.481 e. The fourth-order valence-electron chi connectivity index (χ4n) is 2.83. The number of pyridine rings is 1. The third-order valence-corrected chi connectivity index (χ3v) is 4.22. The van der Waals surface area contributed by atoms with Crippen LogP contribution in [-0.2, 0) is 16.0 Å². The van der Waals surface area contributed by atoms with Crippen LogP contribution in [0, 0.1) is 0 Å². The van der Waals surface area contributed by atoms with E-state index in [0.717, 1.165) is 36.0 Å². The van der Waals surface area contributed by atoms with E-state index >= 15 is 0 Å². The van der Waals surface area contributed by atoms with Crippen molar-refractivity contribution in [1.29, 1.82) is 0 Å². The van der Waals surface area contributed by atoms with E-state index in [9.17, 15) is 9.59 Å². The Kier molecular flexibility index (Phi) is 8.23. The average molecular weight is 366 g/mol. The number of rotatable bonds is 10. The average Bonchev–Trinajstić information content (AvgIpc) is 2.66. The molecule has 2 aromatic rings. The van der Waals surface area contributed by atoms with Crippen LogP contribution in [0.3, 0.4) is 0 Å². The number of unbranched alkanes of at least 4 members (excludes halogenated alkanes) is 2. The van der Waals surface area contributed by atoms with Gasteiger partial charge in [0.2, 0.25) is 5.91 Å².